The molecule has 0 saturated heterocycles. The number of fused-ring (bicyclic) bond motifs is 2. The summed E-state index contributed by atoms with van der Waals surface area (Å²) >= 11 is 0. The van der Waals surface area contributed by atoms with Crippen molar-refractivity contribution < 1.29 is 4.74 Å². The Kier molecular flexibility index (Phi) is 5.31. The number of methoxy groups -OCH3 is 1. The highest BCUT2D eigenvalue weighted by atomic mass is 16.5. The summed E-state index contributed by atoms with van der Waals surface area (Å²) < 4.78 is 5.32. The van der Waals surface area contributed by atoms with Crippen LogP contribution in [0.15, 0.2) is 78.9 Å². The predicted molar refractivity (Wildman–Crippen MR) is 122 cm³/mol. The van der Waals surface area contributed by atoms with E-state index in [9.17, 15) is 0 Å². The molecule has 0 atom stereocenters. The van der Waals surface area contributed by atoms with E-state index in [0.29, 0.717) is 6.61 Å². The van der Waals surface area contributed by atoms with Gasteiger partial charge in [-0.25, -0.2) is 0 Å². The zero-order chi connectivity index (χ0) is 20.3. The molecule has 3 nitrogen and oxygen atoms in total. The molecule has 3 heteroatoms. The Morgan fingerprint density at radius 1 is 0.900 bits per heavy atom. The highest BCUT2D eigenvalue weighted by Gasteiger charge is 2.22. The van der Waals surface area contributed by atoms with Gasteiger partial charge >= 0.3 is 0 Å². The lowest BCUT2D eigenvalue weighted by Gasteiger charge is -2.15. The molecule has 5 rings (SSSR count). The molecule has 150 valence electrons. The monoisotopic (exact) mass is 394 g/mol. The lowest BCUT2D eigenvalue weighted by atomic mass is 9.96. The van der Waals surface area contributed by atoms with E-state index >= 15 is 0 Å². The second-order valence-electron chi connectivity index (χ2n) is 8.03. The lowest BCUT2D eigenvalue weighted by Crippen LogP contribution is -2.19. The van der Waals surface area contributed by atoms with E-state index in [4.69, 9.17) is 9.72 Å². The molecule has 0 aliphatic carbocycles. The number of para-hydroxylation sites is 1. The van der Waals surface area contributed by atoms with Crippen LogP contribution in [-0.4, -0.2) is 23.5 Å². The zero-order valence-corrected chi connectivity index (χ0v) is 17.3. The molecule has 0 unspecified atom stereocenters. The Morgan fingerprint density at radius 2 is 1.80 bits per heavy atom. The second kappa shape index (κ2) is 8.39. The molecule has 1 aliphatic rings. The third kappa shape index (κ3) is 3.87. The molecule has 1 aliphatic heterocycles. The van der Waals surface area contributed by atoms with Gasteiger partial charge in [0.25, 0.3) is 0 Å². The Bertz CT molecular complexity index is 1180. The van der Waals surface area contributed by atoms with Gasteiger partial charge in [-0.2, -0.15) is 0 Å². The standard InChI is InChI=1S/C27H26N2O/c1-30-19-20-6-4-8-22(16-20)25-10-5-9-23-17-29(18-26(23)25)15-14-24-13-12-21-7-2-3-11-27(21)28-24/h2-13,16H,14-15,17-19H2,1H3. The molecule has 0 saturated carbocycles. The van der Waals surface area contributed by atoms with Crippen LogP contribution in [0.4, 0.5) is 0 Å². The topological polar surface area (TPSA) is 25.4 Å². The van der Waals surface area contributed by atoms with Gasteiger partial charge in [-0.1, -0.05) is 60.7 Å². The molecule has 2 heterocycles. The van der Waals surface area contributed by atoms with E-state index in [1.165, 1.54) is 33.2 Å². The van der Waals surface area contributed by atoms with Gasteiger partial charge in [-0.05, 0) is 46.0 Å². The van der Waals surface area contributed by atoms with Gasteiger partial charge in [0.05, 0.1) is 12.1 Å². The minimum atomic E-state index is 0.647. The summed E-state index contributed by atoms with van der Waals surface area (Å²) in [5, 5.41) is 1.20. The molecule has 0 bridgehead atoms. The molecule has 30 heavy (non-hydrogen) atoms. The minimum absolute atomic E-state index is 0.647. The first-order chi connectivity index (χ1) is 14.8. The smallest absolute Gasteiger partial charge is 0.0713 e. The number of rotatable bonds is 6. The van der Waals surface area contributed by atoms with Crippen LogP contribution in [0.3, 0.4) is 0 Å². The van der Waals surface area contributed by atoms with E-state index in [0.717, 1.165) is 37.3 Å². The summed E-state index contributed by atoms with van der Waals surface area (Å²) in [5.74, 6) is 0. The molecular formula is C27H26N2O. The van der Waals surface area contributed by atoms with Gasteiger partial charge in [-0.3, -0.25) is 9.88 Å². The van der Waals surface area contributed by atoms with Gasteiger partial charge in [0.15, 0.2) is 0 Å². The van der Waals surface area contributed by atoms with E-state index in [1.807, 2.05) is 0 Å². The normalized spacial score (nSPS) is 13.6. The predicted octanol–water partition coefficient (Wildman–Crippen LogP) is 5.61. The Labute approximate surface area is 178 Å². The Morgan fingerprint density at radius 3 is 2.73 bits per heavy atom. The Hall–Kier alpha value is -3.01. The largest absolute Gasteiger partial charge is 0.380 e. The van der Waals surface area contributed by atoms with Crippen LogP contribution in [-0.2, 0) is 30.9 Å². The van der Waals surface area contributed by atoms with Crippen LogP contribution in [0.25, 0.3) is 22.0 Å². The van der Waals surface area contributed by atoms with Crippen LogP contribution in [0, 0.1) is 0 Å². The highest BCUT2D eigenvalue weighted by molar-refractivity contribution is 5.78. The molecule has 4 aromatic rings. The van der Waals surface area contributed by atoms with E-state index in [-0.39, 0.29) is 0 Å². The van der Waals surface area contributed by atoms with Crippen molar-refractivity contribution in [1.29, 1.82) is 0 Å². The zero-order valence-electron chi connectivity index (χ0n) is 17.3. The second-order valence-corrected chi connectivity index (χ2v) is 8.03. The number of aromatic nitrogens is 1. The number of ether oxygens (including phenoxy) is 1. The van der Waals surface area contributed by atoms with Gasteiger partial charge < -0.3 is 4.74 Å². The summed E-state index contributed by atoms with van der Waals surface area (Å²) in [6.45, 7) is 3.67. The molecule has 1 aromatic heterocycles. The molecule has 0 N–H and O–H groups in total. The maximum atomic E-state index is 5.32. The van der Waals surface area contributed by atoms with Crippen molar-refractivity contribution >= 4 is 10.9 Å². The van der Waals surface area contributed by atoms with Crippen LogP contribution in [0.1, 0.15) is 22.4 Å². The molecule has 0 radical (unpaired) electrons. The summed E-state index contributed by atoms with van der Waals surface area (Å²) in [6.07, 6.45) is 0.970. The lowest BCUT2D eigenvalue weighted by molar-refractivity contribution is 0.185. The van der Waals surface area contributed by atoms with Gasteiger partial charge in [0.2, 0.25) is 0 Å². The van der Waals surface area contributed by atoms with Gasteiger partial charge in [0.1, 0.15) is 0 Å². The first-order valence-corrected chi connectivity index (χ1v) is 10.6. The quantitative estimate of drug-likeness (QED) is 0.425. The average Bonchev–Trinajstić information content (AvgIpc) is 3.21. The van der Waals surface area contributed by atoms with Gasteiger partial charge in [0, 0.05) is 44.2 Å². The van der Waals surface area contributed by atoms with Crippen molar-refractivity contribution in [2.24, 2.45) is 0 Å². The summed E-state index contributed by atoms with van der Waals surface area (Å²) in [5.41, 5.74) is 8.98. The number of benzene rings is 3. The van der Waals surface area contributed by atoms with Crippen molar-refractivity contribution in [2.45, 2.75) is 26.1 Å². The Balaban J connectivity index is 1.32. The van der Waals surface area contributed by atoms with Gasteiger partial charge in [-0.15, -0.1) is 0 Å². The van der Waals surface area contributed by atoms with Crippen LogP contribution in [0.5, 0.6) is 0 Å². The third-order valence-corrected chi connectivity index (χ3v) is 5.94. The fourth-order valence-corrected chi connectivity index (χ4v) is 4.43. The SMILES string of the molecule is COCc1cccc(-c2cccc3c2CN(CCc2ccc4ccccc4n2)C3)c1. The fraction of sp³-hybridized carbons (Fsp3) is 0.222. The van der Waals surface area contributed by atoms with Crippen LogP contribution >= 0.6 is 0 Å². The molecular weight excluding hydrogens is 368 g/mol. The first kappa shape index (κ1) is 19.0. The van der Waals surface area contributed by atoms with Crippen molar-refractivity contribution in [3.8, 4) is 11.1 Å². The maximum absolute atomic E-state index is 5.32. The van der Waals surface area contributed by atoms with Crippen molar-refractivity contribution in [3.05, 3.63) is 101 Å². The molecule has 0 fully saturated rings. The van der Waals surface area contributed by atoms with Crippen molar-refractivity contribution in [1.82, 2.24) is 9.88 Å². The van der Waals surface area contributed by atoms with Crippen molar-refractivity contribution in [2.75, 3.05) is 13.7 Å². The average molecular weight is 395 g/mol. The van der Waals surface area contributed by atoms with E-state index in [2.05, 4.69) is 83.8 Å². The van der Waals surface area contributed by atoms with E-state index in [1.54, 1.807) is 7.11 Å². The first-order valence-electron chi connectivity index (χ1n) is 10.6. The highest BCUT2D eigenvalue weighted by Crippen LogP contribution is 2.33. The summed E-state index contributed by atoms with van der Waals surface area (Å²) in [6, 6.07) is 28.1. The number of pyridine rings is 1. The molecule has 0 amide bonds. The minimum Gasteiger partial charge on any atom is -0.380 e. The summed E-state index contributed by atoms with van der Waals surface area (Å²) in [7, 11) is 1.75. The molecule has 3 aromatic carbocycles. The third-order valence-electron chi connectivity index (χ3n) is 5.94. The number of hydrogen-bond donors (Lipinski definition) is 0. The van der Waals surface area contributed by atoms with E-state index < -0.39 is 0 Å². The fourth-order valence-electron chi connectivity index (χ4n) is 4.43. The number of nitrogens with zero attached hydrogens (tertiary/aromatic N) is 2. The molecule has 0 spiro atoms. The van der Waals surface area contributed by atoms with Crippen LogP contribution in [0.2, 0.25) is 0 Å². The number of hydrogen-bond acceptors (Lipinski definition) is 3. The summed E-state index contributed by atoms with van der Waals surface area (Å²) in [4.78, 5) is 7.37. The van der Waals surface area contributed by atoms with Crippen LogP contribution < -0.4 is 0 Å². The maximum Gasteiger partial charge on any atom is 0.0713 e. The van der Waals surface area contributed by atoms with Crippen molar-refractivity contribution in [3.63, 3.8) is 0 Å².